The van der Waals surface area contributed by atoms with E-state index in [1.165, 1.54) is 13.0 Å². The molecule has 1 aromatic rings. The maximum atomic E-state index is 13.1. The summed E-state index contributed by atoms with van der Waals surface area (Å²) >= 11 is 1.04. The van der Waals surface area contributed by atoms with Crippen LogP contribution in [0.3, 0.4) is 0 Å². The molecule has 0 aromatic heterocycles. The van der Waals surface area contributed by atoms with Gasteiger partial charge in [-0.15, -0.1) is 0 Å². The van der Waals surface area contributed by atoms with Crippen molar-refractivity contribution < 1.29 is 19.1 Å². The van der Waals surface area contributed by atoms with Crippen molar-refractivity contribution in [1.29, 1.82) is 0 Å². The quantitative estimate of drug-likeness (QED) is 0.646. The third-order valence-corrected chi connectivity index (χ3v) is 2.50. The van der Waals surface area contributed by atoms with Gasteiger partial charge in [-0.1, -0.05) is 23.6 Å². The number of benzene rings is 1. The molecule has 1 N–H and O–H groups in total. The molecule has 1 rings (SSSR count). The topological polar surface area (TPSA) is 54.4 Å². The Balaban J connectivity index is 2.88. The predicted molar refractivity (Wildman–Crippen MR) is 63.5 cm³/mol. The first kappa shape index (κ1) is 13.3. The zero-order valence-electron chi connectivity index (χ0n) is 8.99. The molecule has 0 aliphatic carbocycles. The smallest absolute Gasteiger partial charge is 0.186 e. The number of carbonyl (C=O) groups is 2. The summed E-state index contributed by atoms with van der Waals surface area (Å²) in [5.74, 6) is 4.00. The van der Waals surface area contributed by atoms with Crippen LogP contribution < -0.4 is 0 Å². The summed E-state index contributed by atoms with van der Waals surface area (Å²) in [6, 6.07) is 2.32. The van der Waals surface area contributed by atoms with Crippen LogP contribution in [0.2, 0.25) is 0 Å². The average Bonchev–Trinajstić information content (AvgIpc) is 2.28. The number of carbonyl (C=O) groups excluding carboxylic acids is 2. The van der Waals surface area contributed by atoms with Crippen LogP contribution in [0.15, 0.2) is 12.1 Å². The number of thioether (sulfide) groups is 1. The van der Waals surface area contributed by atoms with E-state index in [4.69, 9.17) is 5.11 Å². The monoisotopic (exact) mass is 252 g/mol. The maximum Gasteiger partial charge on any atom is 0.186 e. The van der Waals surface area contributed by atoms with Gasteiger partial charge in [0, 0.05) is 12.5 Å². The second kappa shape index (κ2) is 6.06. The summed E-state index contributed by atoms with van der Waals surface area (Å²) in [7, 11) is 0. The Labute approximate surface area is 102 Å². The van der Waals surface area contributed by atoms with Gasteiger partial charge < -0.3 is 5.11 Å². The lowest BCUT2D eigenvalue weighted by Crippen LogP contribution is -1.89. The van der Waals surface area contributed by atoms with Gasteiger partial charge in [0.15, 0.2) is 23.0 Å². The van der Waals surface area contributed by atoms with Crippen molar-refractivity contribution in [3.05, 3.63) is 29.1 Å². The summed E-state index contributed by atoms with van der Waals surface area (Å²) in [5.41, 5.74) is 0.139. The Kier molecular flexibility index (Phi) is 4.73. The summed E-state index contributed by atoms with van der Waals surface area (Å²) < 4.78 is 13.1. The second-order valence-corrected chi connectivity index (χ2v) is 4.25. The molecular weight excluding hydrogens is 243 g/mol. The molecule has 0 saturated carbocycles. The van der Waals surface area contributed by atoms with Gasteiger partial charge in [-0.25, -0.2) is 4.39 Å². The summed E-state index contributed by atoms with van der Waals surface area (Å²) in [5, 5.41) is 9.11. The van der Waals surface area contributed by atoms with Gasteiger partial charge in [0.25, 0.3) is 0 Å². The van der Waals surface area contributed by atoms with Crippen molar-refractivity contribution in [2.75, 3.05) is 5.75 Å². The number of hydrogen-bond donors (Lipinski definition) is 1. The predicted octanol–water partition coefficient (Wildman–Crippen LogP) is 1.97. The van der Waals surface area contributed by atoms with E-state index in [-0.39, 0.29) is 16.2 Å². The van der Waals surface area contributed by atoms with Crippen molar-refractivity contribution in [2.45, 2.75) is 6.92 Å². The highest BCUT2D eigenvalue weighted by molar-refractivity contribution is 8.13. The Morgan fingerprint density at radius 3 is 2.88 bits per heavy atom. The van der Waals surface area contributed by atoms with Gasteiger partial charge in [0.1, 0.15) is 0 Å². The minimum Gasteiger partial charge on any atom is -0.504 e. The van der Waals surface area contributed by atoms with Crippen molar-refractivity contribution >= 4 is 23.2 Å². The highest BCUT2D eigenvalue weighted by Crippen LogP contribution is 2.21. The minimum absolute atomic E-state index is 0.0511. The molecule has 0 atom stereocenters. The van der Waals surface area contributed by atoms with Gasteiger partial charge >= 0.3 is 0 Å². The molecule has 0 fully saturated rings. The van der Waals surface area contributed by atoms with E-state index in [9.17, 15) is 14.0 Å². The molecule has 0 radical (unpaired) electrons. The zero-order chi connectivity index (χ0) is 12.8. The van der Waals surface area contributed by atoms with E-state index in [2.05, 4.69) is 11.8 Å². The van der Waals surface area contributed by atoms with Crippen LogP contribution in [0.1, 0.15) is 22.8 Å². The van der Waals surface area contributed by atoms with E-state index in [0.717, 1.165) is 17.8 Å². The standard InChI is InChI=1S/C12H9FO3S/c1-8(15)17-4-2-3-9-5-10(7-14)12(16)11(13)6-9/h5-7,16H,4H2,1H3. The van der Waals surface area contributed by atoms with E-state index < -0.39 is 11.6 Å². The molecule has 0 bridgehead atoms. The molecule has 0 unspecified atom stereocenters. The Morgan fingerprint density at radius 2 is 2.29 bits per heavy atom. The lowest BCUT2D eigenvalue weighted by Gasteiger charge is -1.99. The second-order valence-electron chi connectivity index (χ2n) is 3.10. The molecular formula is C12H9FO3S. The van der Waals surface area contributed by atoms with E-state index in [1.807, 2.05) is 0 Å². The minimum atomic E-state index is -0.891. The number of aldehydes is 1. The van der Waals surface area contributed by atoms with E-state index in [0.29, 0.717) is 12.0 Å². The molecule has 3 nitrogen and oxygen atoms in total. The molecule has 5 heteroatoms. The van der Waals surface area contributed by atoms with Gasteiger partial charge in [0.2, 0.25) is 0 Å². The Bertz CT molecular complexity index is 514. The average molecular weight is 252 g/mol. The first-order chi connectivity index (χ1) is 8.04. The van der Waals surface area contributed by atoms with Crippen molar-refractivity contribution in [3.63, 3.8) is 0 Å². The van der Waals surface area contributed by atoms with Crippen LogP contribution in [0.25, 0.3) is 0 Å². The third-order valence-electron chi connectivity index (χ3n) is 1.80. The molecule has 0 amide bonds. The van der Waals surface area contributed by atoms with Crippen LogP contribution in [-0.4, -0.2) is 22.3 Å². The number of rotatable bonds is 2. The van der Waals surface area contributed by atoms with Gasteiger partial charge in [-0.3, -0.25) is 9.59 Å². The molecule has 0 heterocycles. The van der Waals surface area contributed by atoms with Gasteiger partial charge in [0.05, 0.1) is 11.3 Å². The van der Waals surface area contributed by atoms with Gasteiger partial charge in [-0.05, 0) is 12.1 Å². The number of hydrogen-bond acceptors (Lipinski definition) is 4. The van der Waals surface area contributed by atoms with Crippen LogP contribution in [-0.2, 0) is 4.79 Å². The van der Waals surface area contributed by atoms with Crippen molar-refractivity contribution in [1.82, 2.24) is 0 Å². The normalized spacial score (nSPS) is 9.29. The molecule has 88 valence electrons. The molecule has 1 aromatic carbocycles. The van der Waals surface area contributed by atoms with Crippen molar-refractivity contribution in [3.8, 4) is 17.6 Å². The van der Waals surface area contributed by atoms with Gasteiger partial charge in [-0.2, -0.15) is 0 Å². The van der Waals surface area contributed by atoms with Crippen molar-refractivity contribution in [2.24, 2.45) is 0 Å². The SMILES string of the molecule is CC(=O)SCC#Cc1cc(F)c(O)c(C=O)c1. The van der Waals surface area contributed by atoms with Crippen LogP contribution in [0.4, 0.5) is 4.39 Å². The van der Waals surface area contributed by atoms with E-state index >= 15 is 0 Å². The largest absolute Gasteiger partial charge is 0.504 e. The fraction of sp³-hybridized carbons (Fsp3) is 0.167. The maximum absolute atomic E-state index is 13.1. The summed E-state index contributed by atoms with van der Waals surface area (Å²) in [6.07, 6.45) is 0.355. The third kappa shape index (κ3) is 3.93. The molecule has 0 aliphatic rings. The van der Waals surface area contributed by atoms with Crippen LogP contribution in [0, 0.1) is 17.7 Å². The first-order valence-corrected chi connectivity index (χ1v) is 5.63. The summed E-state index contributed by atoms with van der Waals surface area (Å²) in [6.45, 7) is 1.43. The Hall–Kier alpha value is -1.80. The highest BCUT2D eigenvalue weighted by atomic mass is 32.2. The number of aromatic hydroxyl groups is 1. The lowest BCUT2D eigenvalue weighted by atomic mass is 10.1. The lowest BCUT2D eigenvalue weighted by molar-refractivity contribution is -0.109. The molecule has 0 saturated heterocycles. The Morgan fingerprint density at radius 1 is 1.59 bits per heavy atom. The van der Waals surface area contributed by atoms with Crippen LogP contribution >= 0.6 is 11.8 Å². The fourth-order valence-corrected chi connectivity index (χ4v) is 1.41. The molecule has 17 heavy (non-hydrogen) atoms. The molecule has 0 spiro atoms. The fourth-order valence-electron chi connectivity index (χ4n) is 1.06. The number of phenols is 1. The summed E-state index contributed by atoms with van der Waals surface area (Å²) in [4.78, 5) is 21.1. The number of phenolic OH excluding ortho intramolecular Hbond substituents is 1. The van der Waals surface area contributed by atoms with E-state index in [1.54, 1.807) is 0 Å². The van der Waals surface area contributed by atoms with Crippen LogP contribution in [0.5, 0.6) is 5.75 Å². The highest BCUT2D eigenvalue weighted by Gasteiger charge is 2.07. The molecule has 0 aliphatic heterocycles. The number of halogens is 1. The first-order valence-electron chi connectivity index (χ1n) is 4.64. The zero-order valence-corrected chi connectivity index (χ0v) is 9.81.